The number of carbonyl (C=O) groups is 1. The summed E-state index contributed by atoms with van der Waals surface area (Å²) in [7, 11) is 0. The molecule has 14 heavy (non-hydrogen) atoms. The summed E-state index contributed by atoms with van der Waals surface area (Å²) < 4.78 is 0. The van der Waals surface area contributed by atoms with E-state index in [2.05, 4.69) is 6.92 Å². The van der Waals surface area contributed by atoms with E-state index in [1.165, 1.54) is 12.8 Å². The van der Waals surface area contributed by atoms with Crippen molar-refractivity contribution in [1.82, 2.24) is 0 Å². The minimum atomic E-state index is -0.216. The Kier molecular flexibility index (Phi) is 25.3. The SMILES string of the molecule is CC.CC.CCCCC[C@H](N)C(C)=O.[HH]. The first-order valence-electron chi connectivity index (χ1n) is 5.94. The second-order valence-electron chi connectivity index (χ2n) is 2.71. The molecule has 0 aliphatic heterocycles. The van der Waals surface area contributed by atoms with Crippen molar-refractivity contribution in [3.8, 4) is 0 Å². The van der Waals surface area contributed by atoms with Gasteiger partial charge >= 0.3 is 0 Å². The highest BCUT2D eigenvalue weighted by Crippen LogP contribution is 2.01. The quantitative estimate of drug-likeness (QED) is 0.694. The van der Waals surface area contributed by atoms with Crippen LogP contribution in [0.25, 0.3) is 0 Å². The van der Waals surface area contributed by atoms with Crippen molar-refractivity contribution in [2.45, 2.75) is 73.3 Å². The van der Waals surface area contributed by atoms with Crippen LogP contribution in [0, 0.1) is 0 Å². The molecule has 1 atom stereocenters. The number of Topliss-reactive ketones (excluding diaryl/α,β-unsaturated/α-hetero) is 1. The Bertz CT molecular complexity index is 108. The topological polar surface area (TPSA) is 43.1 Å². The fraction of sp³-hybridized carbons (Fsp3) is 0.917. The molecule has 0 aromatic carbocycles. The highest BCUT2D eigenvalue weighted by molar-refractivity contribution is 5.80. The van der Waals surface area contributed by atoms with Gasteiger partial charge in [0.1, 0.15) is 5.78 Å². The highest BCUT2D eigenvalue weighted by Gasteiger charge is 2.05. The lowest BCUT2D eigenvalue weighted by Crippen LogP contribution is -2.27. The molecular weight excluding hydrogens is 174 g/mol. The molecule has 0 unspecified atom stereocenters. The van der Waals surface area contributed by atoms with E-state index in [-0.39, 0.29) is 13.3 Å². The van der Waals surface area contributed by atoms with Crippen molar-refractivity contribution in [3.63, 3.8) is 0 Å². The summed E-state index contributed by atoms with van der Waals surface area (Å²) in [4.78, 5) is 10.6. The van der Waals surface area contributed by atoms with E-state index in [1.807, 2.05) is 27.7 Å². The number of rotatable bonds is 5. The Balaban J connectivity index is -0.000000107. The maximum absolute atomic E-state index is 10.6. The zero-order valence-corrected chi connectivity index (χ0v) is 10.9. The van der Waals surface area contributed by atoms with Crippen molar-refractivity contribution in [2.24, 2.45) is 5.73 Å². The van der Waals surface area contributed by atoms with Gasteiger partial charge in [0.25, 0.3) is 0 Å². The van der Waals surface area contributed by atoms with E-state index in [0.29, 0.717) is 0 Å². The van der Waals surface area contributed by atoms with Gasteiger partial charge in [0.2, 0.25) is 0 Å². The van der Waals surface area contributed by atoms with E-state index in [0.717, 1.165) is 12.8 Å². The van der Waals surface area contributed by atoms with Gasteiger partial charge in [-0.15, -0.1) is 0 Å². The van der Waals surface area contributed by atoms with Crippen molar-refractivity contribution in [3.05, 3.63) is 0 Å². The van der Waals surface area contributed by atoms with Crippen LogP contribution in [0.15, 0.2) is 0 Å². The fourth-order valence-electron chi connectivity index (χ4n) is 0.818. The molecule has 0 rings (SSSR count). The number of nitrogens with two attached hydrogens (primary N) is 1. The monoisotopic (exact) mass is 205 g/mol. The van der Waals surface area contributed by atoms with Crippen LogP contribution in [0.5, 0.6) is 0 Å². The Morgan fingerprint density at radius 2 is 1.64 bits per heavy atom. The number of unbranched alkanes of at least 4 members (excludes halogenated alkanes) is 2. The van der Waals surface area contributed by atoms with Gasteiger partial charge in [-0.2, -0.15) is 0 Å². The number of hydrogen-bond acceptors (Lipinski definition) is 2. The van der Waals surface area contributed by atoms with Gasteiger partial charge in [0.15, 0.2) is 0 Å². The molecule has 0 fully saturated rings. The molecule has 2 nitrogen and oxygen atoms in total. The predicted octanol–water partition coefficient (Wildman–Crippen LogP) is 3.78. The first-order valence-corrected chi connectivity index (χ1v) is 5.94. The average Bonchev–Trinajstić information content (AvgIpc) is 2.24. The minimum absolute atomic E-state index is 0. The van der Waals surface area contributed by atoms with Gasteiger partial charge in [0, 0.05) is 1.43 Å². The molecule has 0 saturated carbocycles. The van der Waals surface area contributed by atoms with Crippen molar-refractivity contribution < 1.29 is 6.22 Å². The third kappa shape index (κ3) is 17.6. The fourth-order valence-corrected chi connectivity index (χ4v) is 0.818. The smallest absolute Gasteiger partial charge is 0.146 e. The van der Waals surface area contributed by atoms with Crippen molar-refractivity contribution >= 4 is 5.78 Å². The summed E-state index contributed by atoms with van der Waals surface area (Å²) in [5, 5.41) is 0. The summed E-state index contributed by atoms with van der Waals surface area (Å²) >= 11 is 0. The summed E-state index contributed by atoms with van der Waals surface area (Å²) in [6.07, 6.45) is 4.30. The lowest BCUT2D eigenvalue weighted by Gasteiger charge is -2.05. The third-order valence-corrected chi connectivity index (χ3v) is 1.64. The van der Waals surface area contributed by atoms with Gasteiger partial charge in [-0.25, -0.2) is 0 Å². The zero-order valence-electron chi connectivity index (χ0n) is 10.9. The molecule has 0 aliphatic carbocycles. The summed E-state index contributed by atoms with van der Waals surface area (Å²) in [5.41, 5.74) is 5.51. The zero-order chi connectivity index (χ0) is 12.0. The number of ketones is 1. The van der Waals surface area contributed by atoms with Crippen LogP contribution in [0.3, 0.4) is 0 Å². The molecule has 0 aromatic rings. The lowest BCUT2D eigenvalue weighted by molar-refractivity contribution is -0.118. The van der Waals surface area contributed by atoms with Crippen LogP contribution < -0.4 is 5.73 Å². The Morgan fingerprint density at radius 3 is 1.93 bits per heavy atom. The lowest BCUT2D eigenvalue weighted by atomic mass is 10.1. The average molecular weight is 205 g/mol. The standard InChI is InChI=1S/C8H17NO.2C2H6.H2/c1-3-4-5-6-8(9)7(2)10;2*1-2;/h8H,3-6,9H2,1-2H3;2*1-2H3;1H/t8-;;;/m0.../s1. The van der Waals surface area contributed by atoms with Crippen LogP contribution in [0.1, 0.15) is 68.7 Å². The second-order valence-corrected chi connectivity index (χ2v) is 2.71. The Morgan fingerprint density at radius 1 is 1.21 bits per heavy atom. The van der Waals surface area contributed by atoms with E-state index in [4.69, 9.17) is 5.73 Å². The van der Waals surface area contributed by atoms with E-state index in [9.17, 15) is 4.79 Å². The maximum Gasteiger partial charge on any atom is 0.146 e. The van der Waals surface area contributed by atoms with Crippen molar-refractivity contribution in [1.29, 1.82) is 0 Å². The van der Waals surface area contributed by atoms with Gasteiger partial charge in [0.05, 0.1) is 6.04 Å². The first-order chi connectivity index (χ1) is 6.68. The molecule has 0 amide bonds. The van der Waals surface area contributed by atoms with Gasteiger partial charge in [-0.05, 0) is 13.3 Å². The Labute approximate surface area is 91.8 Å². The largest absolute Gasteiger partial charge is 0.322 e. The van der Waals surface area contributed by atoms with Crippen LogP contribution in [0.4, 0.5) is 0 Å². The van der Waals surface area contributed by atoms with Crippen LogP contribution in [-0.2, 0) is 4.79 Å². The maximum atomic E-state index is 10.6. The molecule has 0 saturated heterocycles. The molecule has 0 spiro atoms. The third-order valence-electron chi connectivity index (χ3n) is 1.64. The highest BCUT2D eigenvalue weighted by atomic mass is 16.1. The minimum Gasteiger partial charge on any atom is -0.322 e. The molecule has 0 bridgehead atoms. The molecule has 90 valence electrons. The molecule has 0 heterocycles. The van der Waals surface area contributed by atoms with E-state index < -0.39 is 0 Å². The summed E-state index contributed by atoms with van der Waals surface area (Å²) in [6.45, 7) is 11.7. The molecule has 0 aliphatic rings. The van der Waals surface area contributed by atoms with Gasteiger partial charge in [-0.3, -0.25) is 4.79 Å². The molecule has 0 radical (unpaired) electrons. The number of hydrogen-bond donors (Lipinski definition) is 1. The molecular formula is C12H31NO. The molecule has 2 heteroatoms. The van der Waals surface area contributed by atoms with Crippen molar-refractivity contribution in [2.75, 3.05) is 0 Å². The second kappa shape index (κ2) is 18.4. The van der Waals surface area contributed by atoms with Crippen LogP contribution in [-0.4, -0.2) is 11.8 Å². The number of carbonyl (C=O) groups excluding carboxylic acids is 1. The summed E-state index contributed by atoms with van der Waals surface area (Å²) in [5.74, 6) is 0.108. The molecule has 2 N–H and O–H groups in total. The van der Waals surface area contributed by atoms with E-state index >= 15 is 0 Å². The van der Waals surface area contributed by atoms with E-state index in [1.54, 1.807) is 6.92 Å². The summed E-state index contributed by atoms with van der Waals surface area (Å²) in [6, 6.07) is -0.216. The van der Waals surface area contributed by atoms with Crippen LogP contribution >= 0.6 is 0 Å². The van der Waals surface area contributed by atoms with Gasteiger partial charge < -0.3 is 5.73 Å². The van der Waals surface area contributed by atoms with Gasteiger partial charge in [-0.1, -0.05) is 53.9 Å². The van der Waals surface area contributed by atoms with Crippen LogP contribution in [0.2, 0.25) is 0 Å². The Hall–Kier alpha value is -0.370. The predicted molar refractivity (Wildman–Crippen MR) is 67.6 cm³/mol. The molecule has 0 aromatic heterocycles. The first kappa shape index (κ1) is 19.2. The normalized spacial score (nSPS) is 10.2.